The first kappa shape index (κ1) is 15.8. The SMILES string of the molecule is CC(C)(C)c1ccc(Oc2ccc3ccc(=O)oc3c2)cc1Br. The van der Waals surface area contributed by atoms with Crippen molar-refractivity contribution < 1.29 is 9.15 Å². The van der Waals surface area contributed by atoms with E-state index in [2.05, 4.69) is 42.8 Å². The lowest BCUT2D eigenvalue weighted by atomic mass is 9.87. The monoisotopic (exact) mass is 372 g/mol. The number of halogens is 1. The summed E-state index contributed by atoms with van der Waals surface area (Å²) in [6.45, 7) is 6.50. The third-order valence-electron chi connectivity index (χ3n) is 3.58. The molecule has 118 valence electrons. The molecule has 3 nitrogen and oxygen atoms in total. The first-order valence-electron chi connectivity index (χ1n) is 7.35. The van der Waals surface area contributed by atoms with Crippen molar-refractivity contribution in [3.05, 3.63) is 69.0 Å². The summed E-state index contributed by atoms with van der Waals surface area (Å²) in [5, 5.41) is 0.862. The highest BCUT2D eigenvalue weighted by Gasteiger charge is 2.17. The Morgan fingerprint density at radius 2 is 1.61 bits per heavy atom. The Hall–Kier alpha value is -2.07. The van der Waals surface area contributed by atoms with Gasteiger partial charge in [-0.1, -0.05) is 42.8 Å². The van der Waals surface area contributed by atoms with Crippen molar-refractivity contribution in [3.8, 4) is 11.5 Å². The largest absolute Gasteiger partial charge is 0.457 e. The van der Waals surface area contributed by atoms with Gasteiger partial charge in [-0.2, -0.15) is 0 Å². The average Bonchev–Trinajstić information content (AvgIpc) is 2.45. The van der Waals surface area contributed by atoms with Crippen LogP contribution in [0.25, 0.3) is 11.0 Å². The van der Waals surface area contributed by atoms with Crippen molar-refractivity contribution in [2.24, 2.45) is 0 Å². The van der Waals surface area contributed by atoms with Gasteiger partial charge in [0.15, 0.2) is 0 Å². The van der Waals surface area contributed by atoms with Gasteiger partial charge in [-0.3, -0.25) is 0 Å². The third kappa shape index (κ3) is 3.48. The fourth-order valence-corrected chi connectivity index (χ4v) is 3.36. The summed E-state index contributed by atoms with van der Waals surface area (Å²) < 4.78 is 12.1. The van der Waals surface area contributed by atoms with E-state index >= 15 is 0 Å². The lowest BCUT2D eigenvalue weighted by molar-refractivity contribution is 0.478. The van der Waals surface area contributed by atoms with E-state index in [1.807, 2.05) is 24.3 Å². The van der Waals surface area contributed by atoms with Crippen molar-refractivity contribution in [2.45, 2.75) is 26.2 Å². The molecule has 0 saturated carbocycles. The molecule has 0 aliphatic carbocycles. The maximum absolute atomic E-state index is 11.3. The number of ether oxygens (including phenoxy) is 1. The molecule has 0 fully saturated rings. The topological polar surface area (TPSA) is 39.4 Å². The maximum Gasteiger partial charge on any atom is 0.336 e. The van der Waals surface area contributed by atoms with Crippen molar-refractivity contribution >= 4 is 26.9 Å². The Labute approximate surface area is 143 Å². The van der Waals surface area contributed by atoms with E-state index in [9.17, 15) is 4.79 Å². The average molecular weight is 373 g/mol. The number of fused-ring (bicyclic) bond motifs is 1. The summed E-state index contributed by atoms with van der Waals surface area (Å²) in [5.41, 5.74) is 1.42. The van der Waals surface area contributed by atoms with Gasteiger partial charge in [0, 0.05) is 22.0 Å². The summed E-state index contributed by atoms with van der Waals surface area (Å²) in [5.74, 6) is 1.35. The molecule has 2 aromatic carbocycles. The highest BCUT2D eigenvalue weighted by molar-refractivity contribution is 9.10. The number of rotatable bonds is 2. The van der Waals surface area contributed by atoms with Gasteiger partial charge in [-0.15, -0.1) is 0 Å². The molecule has 3 rings (SSSR count). The lowest BCUT2D eigenvalue weighted by Crippen LogP contribution is -2.11. The van der Waals surface area contributed by atoms with Gasteiger partial charge in [0.25, 0.3) is 0 Å². The van der Waals surface area contributed by atoms with Crippen LogP contribution < -0.4 is 10.4 Å². The standard InChI is InChI=1S/C19H17BrO3/c1-19(2,3)15-8-7-13(10-16(15)20)22-14-6-4-12-5-9-18(21)23-17(12)11-14/h4-11H,1-3H3. The van der Waals surface area contributed by atoms with Gasteiger partial charge >= 0.3 is 5.63 Å². The Morgan fingerprint density at radius 1 is 0.957 bits per heavy atom. The van der Waals surface area contributed by atoms with Gasteiger partial charge < -0.3 is 9.15 Å². The Morgan fingerprint density at radius 3 is 2.30 bits per heavy atom. The van der Waals surface area contributed by atoms with E-state index in [4.69, 9.17) is 9.15 Å². The van der Waals surface area contributed by atoms with Crippen molar-refractivity contribution in [1.29, 1.82) is 0 Å². The third-order valence-corrected chi connectivity index (χ3v) is 4.23. The number of hydrogen-bond donors (Lipinski definition) is 0. The van der Waals surface area contributed by atoms with Gasteiger partial charge in [-0.25, -0.2) is 4.79 Å². The van der Waals surface area contributed by atoms with Crippen molar-refractivity contribution in [1.82, 2.24) is 0 Å². The molecule has 0 bridgehead atoms. The summed E-state index contributed by atoms with van der Waals surface area (Å²) in [7, 11) is 0. The van der Waals surface area contributed by atoms with Crippen molar-refractivity contribution in [2.75, 3.05) is 0 Å². The highest BCUT2D eigenvalue weighted by Crippen LogP contribution is 2.34. The van der Waals surface area contributed by atoms with Crippen LogP contribution in [0, 0.1) is 0 Å². The number of hydrogen-bond acceptors (Lipinski definition) is 3. The molecule has 4 heteroatoms. The molecule has 0 amide bonds. The minimum absolute atomic E-state index is 0.0592. The van der Waals surface area contributed by atoms with Crippen LogP contribution in [0.5, 0.6) is 11.5 Å². The Kier molecular flexibility index (Phi) is 4.02. The van der Waals surface area contributed by atoms with Crippen LogP contribution in [0.3, 0.4) is 0 Å². The van der Waals surface area contributed by atoms with E-state index in [0.717, 1.165) is 15.6 Å². The summed E-state index contributed by atoms with van der Waals surface area (Å²) in [6, 6.07) is 14.5. The predicted octanol–water partition coefficient (Wildman–Crippen LogP) is 5.65. The van der Waals surface area contributed by atoms with Gasteiger partial charge in [-0.05, 0) is 41.3 Å². The molecule has 1 heterocycles. The lowest BCUT2D eigenvalue weighted by Gasteiger charge is -2.21. The van der Waals surface area contributed by atoms with E-state index in [-0.39, 0.29) is 11.0 Å². The molecule has 23 heavy (non-hydrogen) atoms. The first-order valence-corrected chi connectivity index (χ1v) is 8.14. The van der Waals surface area contributed by atoms with Crippen LogP contribution in [0.4, 0.5) is 0 Å². The fraction of sp³-hybridized carbons (Fsp3) is 0.211. The molecule has 0 unspecified atom stereocenters. The molecule has 3 aromatic rings. The van der Waals surface area contributed by atoms with Gasteiger partial charge in [0.05, 0.1) is 0 Å². The smallest absolute Gasteiger partial charge is 0.336 e. The summed E-state index contributed by atoms with van der Waals surface area (Å²) in [4.78, 5) is 11.3. The molecular weight excluding hydrogens is 356 g/mol. The molecule has 0 aliphatic heterocycles. The zero-order valence-electron chi connectivity index (χ0n) is 13.2. The number of benzene rings is 2. The van der Waals surface area contributed by atoms with Crippen LogP contribution in [-0.2, 0) is 5.41 Å². The second-order valence-electron chi connectivity index (χ2n) is 6.45. The zero-order valence-corrected chi connectivity index (χ0v) is 14.8. The second kappa shape index (κ2) is 5.85. The summed E-state index contributed by atoms with van der Waals surface area (Å²) in [6.07, 6.45) is 0. The van der Waals surface area contributed by atoms with Crippen LogP contribution >= 0.6 is 15.9 Å². The Bertz CT molecular complexity index is 920. The highest BCUT2D eigenvalue weighted by atomic mass is 79.9. The van der Waals surface area contributed by atoms with E-state index in [1.54, 1.807) is 12.1 Å². The zero-order chi connectivity index (χ0) is 16.6. The molecule has 1 aromatic heterocycles. The molecule has 0 spiro atoms. The van der Waals surface area contributed by atoms with E-state index < -0.39 is 0 Å². The molecule has 0 atom stereocenters. The minimum atomic E-state index is -0.369. The Balaban J connectivity index is 1.93. The normalized spacial score (nSPS) is 11.7. The van der Waals surface area contributed by atoms with Gasteiger partial charge in [0.1, 0.15) is 17.1 Å². The van der Waals surface area contributed by atoms with Crippen LogP contribution in [0.15, 0.2) is 62.2 Å². The van der Waals surface area contributed by atoms with Gasteiger partial charge in [0.2, 0.25) is 0 Å². The quantitative estimate of drug-likeness (QED) is 0.546. The second-order valence-corrected chi connectivity index (χ2v) is 7.30. The van der Waals surface area contributed by atoms with Crippen LogP contribution in [0.1, 0.15) is 26.3 Å². The maximum atomic E-state index is 11.3. The van der Waals surface area contributed by atoms with Crippen molar-refractivity contribution in [3.63, 3.8) is 0 Å². The first-order chi connectivity index (χ1) is 10.8. The minimum Gasteiger partial charge on any atom is -0.457 e. The summed E-state index contributed by atoms with van der Waals surface area (Å²) >= 11 is 3.61. The molecule has 0 radical (unpaired) electrons. The molecule has 0 aliphatic rings. The molecule has 0 N–H and O–H groups in total. The predicted molar refractivity (Wildman–Crippen MR) is 95.4 cm³/mol. The van der Waals surface area contributed by atoms with E-state index in [1.165, 1.54) is 11.6 Å². The van der Waals surface area contributed by atoms with Crippen LogP contribution in [0.2, 0.25) is 0 Å². The molecule has 0 saturated heterocycles. The molecular formula is C19H17BrO3. The van der Waals surface area contributed by atoms with Crippen LogP contribution in [-0.4, -0.2) is 0 Å². The van der Waals surface area contributed by atoms with E-state index in [0.29, 0.717) is 11.3 Å². The fourth-order valence-electron chi connectivity index (χ4n) is 2.41.